The molecule has 0 fully saturated rings. The highest BCUT2D eigenvalue weighted by atomic mass is 16.3. The number of hydrogen-bond donors (Lipinski definition) is 7. The summed E-state index contributed by atoms with van der Waals surface area (Å²) in [4.78, 5) is 28.6. The van der Waals surface area contributed by atoms with Crippen molar-refractivity contribution in [2.45, 2.75) is 24.9 Å². The van der Waals surface area contributed by atoms with Gasteiger partial charge in [-0.3, -0.25) is 9.59 Å². The van der Waals surface area contributed by atoms with E-state index < -0.39 is 46.6 Å². The zero-order chi connectivity index (χ0) is 22.4. The number of rotatable bonds is 4. The minimum Gasteiger partial charge on any atom is -0.509 e. The van der Waals surface area contributed by atoms with Crippen LogP contribution in [-0.4, -0.2) is 55.3 Å². The molecule has 0 saturated heterocycles. The van der Waals surface area contributed by atoms with Crippen LogP contribution in [-0.2, 0) is 11.4 Å². The summed E-state index contributed by atoms with van der Waals surface area (Å²) in [5.41, 5.74) is 4.86. The van der Waals surface area contributed by atoms with Gasteiger partial charge in [-0.25, -0.2) is 4.98 Å². The number of fused-ring (bicyclic) bond motifs is 2. The monoisotopic (exact) mass is 426 g/mol. The molecule has 11 heteroatoms. The van der Waals surface area contributed by atoms with E-state index in [4.69, 9.17) is 15.6 Å². The Morgan fingerprint density at radius 2 is 2.00 bits per heavy atom. The van der Waals surface area contributed by atoms with Crippen molar-refractivity contribution in [1.29, 1.82) is 5.41 Å². The maximum absolute atomic E-state index is 12.6. The van der Waals surface area contributed by atoms with Gasteiger partial charge in [0.1, 0.15) is 40.8 Å². The van der Waals surface area contributed by atoms with Gasteiger partial charge in [0.05, 0.1) is 18.0 Å². The van der Waals surface area contributed by atoms with Gasteiger partial charge in [-0.1, -0.05) is 6.07 Å². The predicted molar refractivity (Wildman–Crippen MR) is 109 cm³/mol. The summed E-state index contributed by atoms with van der Waals surface area (Å²) >= 11 is 0. The molecular weight excluding hydrogens is 408 g/mol. The van der Waals surface area contributed by atoms with Gasteiger partial charge in [0, 0.05) is 6.07 Å². The number of amides is 1. The SMILES string of the molecule is N=C1C(C(N)=O)=C(O)[C@H](Nc2cc3nc4cc(CO)ccc4oc-3cc2=O)[C@@H](O)[C@@H]1O. The zero-order valence-corrected chi connectivity index (χ0v) is 15.9. The van der Waals surface area contributed by atoms with Gasteiger partial charge in [0.25, 0.3) is 5.91 Å². The molecule has 1 aromatic carbocycles. The highest BCUT2D eigenvalue weighted by molar-refractivity contribution is 6.22. The van der Waals surface area contributed by atoms with Crippen molar-refractivity contribution in [1.82, 2.24) is 4.98 Å². The first-order chi connectivity index (χ1) is 14.7. The fraction of sp³-hybridized carbons (Fsp3) is 0.200. The maximum atomic E-state index is 12.6. The largest absolute Gasteiger partial charge is 0.509 e. The Labute approximate surface area is 173 Å². The van der Waals surface area contributed by atoms with Crippen molar-refractivity contribution in [2.75, 3.05) is 5.32 Å². The third-order valence-corrected chi connectivity index (χ3v) is 5.07. The summed E-state index contributed by atoms with van der Waals surface area (Å²) in [6, 6.07) is 5.90. The number of carbonyl (C=O) groups excluding carboxylic acids is 1. The molecule has 0 bridgehead atoms. The lowest BCUT2D eigenvalue weighted by Crippen LogP contribution is -2.53. The molecule has 0 saturated carbocycles. The van der Waals surface area contributed by atoms with E-state index in [1.807, 2.05) is 0 Å². The summed E-state index contributed by atoms with van der Waals surface area (Å²) in [6.07, 6.45) is -3.53. The van der Waals surface area contributed by atoms with Crippen LogP contribution in [0.2, 0.25) is 0 Å². The Morgan fingerprint density at radius 1 is 1.26 bits per heavy atom. The van der Waals surface area contributed by atoms with E-state index in [2.05, 4.69) is 10.3 Å². The Hall–Kier alpha value is -3.80. The molecule has 0 spiro atoms. The standard InChI is InChI=1S/C20H18N4O7/c21-15-14(20(22)30)17(27)16(19(29)18(15)28)24-8-4-10-13(5-11(8)26)31-12-2-1-7(6-25)3-9(12)23-10/h1-5,16,18-19,21,24-25,27-29H,6H2,(H2,22,30)/t16-,18+,19+/m0/s1. The Bertz CT molecular complexity index is 1280. The van der Waals surface area contributed by atoms with Crippen LogP contribution in [0, 0.1) is 5.41 Å². The third-order valence-electron chi connectivity index (χ3n) is 5.07. The number of anilines is 1. The number of aliphatic hydroxyl groups is 4. The molecule has 2 aliphatic carbocycles. The van der Waals surface area contributed by atoms with Crippen molar-refractivity contribution in [3.05, 3.63) is 57.5 Å². The molecule has 0 unspecified atom stereocenters. The van der Waals surface area contributed by atoms with E-state index >= 15 is 0 Å². The van der Waals surface area contributed by atoms with Crippen molar-refractivity contribution < 1.29 is 29.6 Å². The van der Waals surface area contributed by atoms with Crippen LogP contribution in [0.4, 0.5) is 5.69 Å². The van der Waals surface area contributed by atoms with Gasteiger partial charge in [-0.05, 0) is 23.8 Å². The number of benzene rings is 2. The minimum absolute atomic E-state index is 0.104. The number of primary amides is 1. The van der Waals surface area contributed by atoms with Crippen LogP contribution < -0.4 is 16.5 Å². The molecule has 11 nitrogen and oxygen atoms in total. The minimum atomic E-state index is -1.81. The molecule has 4 rings (SSSR count). The zero-order valence-electron chi connectivity index (χ0n) is 15.9. The molecule has 3 aliphatic rings. The molecule has 0 aromatic heterocycles. The summed E-state index contributed by atoms with van der Waals surface area (Å²) in [5.74, 6) is -1.74. The van der Waals surface area contributed by atoms with E-state index in [0.717, 1.165) is 6.07 Å². The van der Waals surface area contributed by atoms with Crippen LogP contribution in [0.5, 0.6) is 0 Å². The quantitative estimate of drug-likeness (QED) is 0.271. The lowest BCUT2D eigenvalue weighted by atomic mass is 9.86. The van der Waals surface area contributed by atoms with Crippen LogP contribution >= 0.6 is 0 Å². The van der Waals surface area contributed by atoms with E-state index in [9.17, 15) is 30.0 Å². The second-order valence-corrected chi connectivity index (χ2v) is 7.09. The number of nitrogens with two attached hydrogens (primary N) is 1. The molecule has 3 atom stereocenters. The molecule has 0 radical (unpaired) electrons. The average Bonchev–Trinajstić information content (AvgIpc) is 2.73. The lowest BCUT2D eigenvalue weighted by Gasteiger charge is -2.33. The van der Waals surface area contributed by atoms with Gasteiger partial charge in [-0.2, -0.15) is 0 Å². The number of nitrogens with one attached hydrogen (secondary N) is 2. The van der Waals surface area contributed by atoms with E-state index in [1.165, 1.54) is 6.07 Å². The van der Waals surface area contributed by atoms with Crippen molar-refractivity contribution in [3.63, 3.8) is 0 Å². The van der Waals surface area contributed by atoms with E-state index in [1.54, 1.807) is 18.2 Å². The molecule has 1 heterocycles. The van der Waals surface area contributed by atoms with Crippen molar-refractivity contribution in [2.24, 2.45) is 5.73 Å². The number of nitrogens with zero attached hydrogens (tertiary/aromatic N) is 1. The fourth-order valence-corrected chi connectivity index (χ4v) is 3.45. The molecule has 1 aliphatic heterocycles. The predicted octanol–water partition coefficient (Wildman–Crippen LogP) is -0.382. The van der Waals surface area contributed by atoms with E-state index in [0.29, 0.717) is 16.7 Å². The van der Waals surface area contributed by atoms with Gasteiger partial charge in [0.2, 0.25) is 5.43 Å². The Kier molecular flexibility index (Phi) is 4.93. The first-order valence-electron chi connectivity index (χ1n) is 9.14. The second kappa shape index (κ2) is 7.47. The maximum Gasteiger partial charge on any atom is 0.254 e. The van der Waals surface area contributed by atoms with Crippen LogP contribution in [0.3, 0.4) is 0 Å². The van der Waals surface area contributed by atoms with Gasteiger partial charge >= 0.3 is 0 Å². The van der Waals surface area contributed by atoms with Gasteiger partial charge in [0.15, 0.2) is 11.3 Å². The van der Waals surface area contributed by atoms with Crippen molar-refractivity contribution >= 4 is 28.4 Å². The van der Waals surface area contributed by atoms with Crippen LogP contribution in [0.25, 0.3) is 22.6 Å². The third kappa shape index (κ3) is 3.40. The van der Waals surface area contributed by atoms with Gasteiger partial charge < -0.3 is 41.3 Å². The summed E-state index contributed by atoms with van der Waals surface area (Å²) in [6.45, 7) is -0.188. The first kappa shape index (κ1) is 20.5. The number of aromatic nitrogens is 1. The highest BCUT2D eigenvalue weighted by Gasteiger charge is 2.42. The first-order valence-corrected chi connectivity index (χ1v) is 9.14. The molecule has 1 amide bonds. The normalized spacial score (nSPS) is 21.6. The second-order valence-electron chi connectivity index (χ2n) is 7.09. The molecular formula is C20H18N4O7. The van der Waals surface area contributed by atoms with Crippen LogP contribution in [0.1, 0.15) is 5.56 Å². The van der Waals surface area contributed by atoms with Gasteiger partial charge in [-0.15, -0.1) is 0 Å². The average molecular weight is 426 g/mol. The van der Waals surface area contributed by atoms with E-state index in [-0.39, 0.29) is 23.7 Å². The fourth-order valence-electron chi connectivity index (χ4n) is 3.45. The molecule has 8 N–H and O–H groups in total. The summed E-state index contributed by atoms with van der Waals surface area (Å²) < 4.78 is 5.68. The summed E-state index contributed by atoms with van der Waals surface area (Å²) in [5, 5.41) is 50.3. The molecule has 1 aromatic rings. The smallest absolute Gasteiger partial charge is 0.254 e. The number of hydrogen-bond acceptors (Lipinski definition) is 10. The van der Waals surface area contributed by atoms with Crippen LogP contribution in [0.15, 0.2) is 50.9 Å². The Balaban J connectivity index is 1.80. The topological polar surface area (TPSA) is 203 Å². The number of aliphatic hydroxyl groups excluding tert-OH is 4. The highest BCUT2D eigenvalue weighted by Crippen LogP contribution is 2.29. The summed E-state index contributed by atoms with van der Waals surface area (Å²) in [7, 11) is 0. The lowest BCUT2D eigenvalue weighted by molar-refractivity contribution is -0.114. The number of carbonyl (C=O) groups is 1. The van der Waals surface area contributed by atoms with Crippen molar-refractivity contribution in [3.8, 4) is 11.5 Å². The molecule has 31 heavy (non-hydrogen) atoms. The molecule has 160 valence electrons. The Morgan fingerprint density at radius 3 is 2.68 bits per heavy atom.